The van der Waals surface area contributed by atoms with Crippen LogP contribution in [-0.4, -0.2) is 55.3 Å². The lowest BCUT2D eigenvalue weighted by molar-refractivity contribution is -0.136. The van der Waals surface area contributed by atoms with Gasteiger partial charge in [-0.3, -0.25) is 4.79 Å². The maximum atomic E-state index is 12.7. The van der Waals surface area contributed by atoms with E-state index in [1.165, 1.54) is 0 Å². The number of carbonyl (C=O) groups is 2. The highest BCUT2D eigenvalue weighted by atomic mass is 35.5. The van der Waals surface area contributed by atoms with Crippen molar-refractivity contribution in [3.8, 4) is 11.5 Å². The van der Waals surface area contributed by atoms with Gasteiger partial charge in [-0.1, -0.05) is 11.6 Å². The maximum Gasteiger partial charge on any atom is 0.407 e. The molecular formula is C17H19ClN2O5. The Morgan fingerprint density at radius 2 is 2.04 bits per heavy atom. The second kappa shape index (κ2) is 6.29. The summed E-state index contributed by atoms with van der Waals surface area (Å²) in [6, 6.07) is 3.46. The van der Waals surface area contributed by atoms with Crippen molar-refractivity contribution >= 4 is 23.6 Å². The Bertz CT molecular complexity index is 725. The first kappa shape index (κ1) is 16.3. The predicted octanol–water partition coefficient (Wildman–Crippen LogP) is 1.75. The van der Waals surface area contributed by atoms with Gasteiger partial charge in [-0.25, -0.2) is 4.79 Å². The van der Waals surface area contributed by atoms with Crippen molar-refractivity contribution in [2.45, 2.75) is 24.9 Å². The van der Waals surface area contributed by atoms with E-state index in [-0.39, 0.29) is 12.3 Å². The number of likely N-dealkylation sites (tertiary alicyclic amines) is 1. The third-order valence-corrected chi connectivity index (χ3v) is 5.16. The average Bonchev–Trinajstić information content (AvgIpc) is 2.95. The van der Waals surface area contributed by atoms with Crippen LogP contribution in [0.3, 0.4) is 0 Å². The number of halogens is 1. The Kier molecular flexibility index (Phi) is 4.11. The monoisotopic (exact) mass is 366 g/mol. The van der Waals surface area contributed by atoms with E-state index in [2.05, 4.69) is 5.32 Å². The molecule has 25 heavy (non-hydrogen) atoms. The topological polar surface area (TPSA) is 77.1 Å². The standard InChI is InChI=1S/C17H19ClN2O5/c18-12-8-14-13(23-4-5-24-14)6-11(12)7-15(21)20-3-1-2-17(10-20)9-19-16(22)25-17/h6,8H,1-5,7,9-10H2,(H,19,22)/t17-/m1/s1. The van der Waals surface area contributed by atoms with E-state index in [4.69, 9.17) is 25.8 Å². The molecule has 2 amide bonds. The van der Waals surface area contributed by atoms with Crippen LogP contribution in [0.15, 0.2) is 12.1 Å². The zero-order valence-corrected chi connectivity index (χ0v) is 14.4. The Morgan fingerprint density at radius 1 is 1.28 bits per heavy atom. The predicted molar refractivity (Wildman–Crippen MR) is 89.2 cm³/mol. The molecule has 0 saturated carbocycles. The van der Waals surface area contributed by atoms with E-state index in [1.54, 1.807) is 17.0 Å². The van der Waals surface area contributed by atoms with Gasteiger partial charge in [-0.05, 0) is 24.5 Å². The molecule has 3 aliphatic heterocycles. The zero-order chi connectivity index (χ0) is 17.4. The average molecular weight is 367 g/mol. The number of nitrogens with one attached hydrogen (secondary N) is 1. The lowest BCUT2D eigenvalue weighted by Crippen LogP contribution is -2.52. The number of amides is 2. The molecule has 1 N–H and O–H groups in total. The molecule has 1 atom stereocenters. The van der Waals surface area contributed by atoms with Crippen LogP contribution in [-0.2, 0) is 16.0 Å². The summed E-state index contributed by atoms with van der Waals surface area (Å²) in [6.45, 7) is 2.48. The van der Waals surface area contributed by atoms with Crippen molar-refractivity contribution in [1.82, 2.24) is 10.2 Å². The number of benzene rings is 1. The van der Waals surface area contributed by atoms with E-state index in [0.717, 1.165) is 12.8 Å². The molecule has 0 unspecified atom stereocenters. The van der Waals surface area contributed by atoms with Gasteiger partial charge >= 0.3 is 6.09 Å². The lowest BCUT2D eigenvalue weighted by atomic mass is 9.92. The summed E-state index contributed by atoms with van der Waals surface area (Å²) in [6.07, 6.45) is 1.33. The molecule has 4 rings (SSSR count). The number of fused-ring (bicyclic) bond motifs is 1. The molecule has 134 valence electrons. The van der Waals surface area contributed by atoms with Crippen molar-refractivity contribution in [2.24, 2.45) is 0 Å². The summed E-state index contributed by atoms with van der Waals surface area (Å²) in [5.41, 5.74) is 0.110. The second-order valence-corrected chi connectivity index (χ2v) is 7.02. The largest absolute Gasteiger partial charge is 0.486 e. The van der Waals surface area contributed by atoms with Gasteiger partial charge in [-0.2, -0.15) is 0 Å². The summed E-state index contributed by atoms with van der Waals surface area (Å²) < 4.78 is 16.5. The molecule has 8 heteroatoms. The van der Waals surface area contributed by atoms with Gasteiger partial charge in [-0.15, -0.1) is 0 Å². The van der Waals surface area contributed by atoms with Gasteiger partial charge in [0.25, 0.3) is 0 Å². The zero-order valence-electron chi connectivity index (χ0n) is 13.7. The molecule has 2 saturated heterocycles. The van der Waals surface area contributed by atoms with Crippen LogP contribution in [0.4, 0.5) is 4.79 Å². The highest BCUT2D eigenvalue weighted by Gasteiger charge is 2.44. The molecule has 3 heterocycles. The molecule has 1 aromatic rings. The Labute approximate surface area is 150 Å². The minimum atomic E-state index is -0.596. The van der Waals surface area contributed by atoms with Crippen molar-refractivity contribution in [2.75, 3.05) is 32.8 Å². The van der Waals surface area contributed by atoms with Crippen LogP contribution in [0.2, 0.25) is 5.02 Å². The van der Waals surface area contributed by atoms with Crippen molar-refractivity contribution in [3.05, 3.63) is 22.7 Å². The SMILES string of the molecule is O=C1NC[C@@]2(CCCN(C(=O)Cc3cc4c(cc3Cl)OCCO4)C2)O1. The van der Waals surface area contributed by atoms with Gasteiger partial charge in [0.1, 0.15) is 18.8 Å². The van der Waals surface area contributed by atoms with Crippen molar-refractivity contribution in [3.63, 3.8) is 0 Å². The molecule has 0 bridgehead atoms. The number of hydrogen-bond acceptors (Lipinski definition) is 5. The lowest BCUT2D eigenvalue weighted by Gasteiger charge is -2.38. The molecule has 3 aliphatic rings. The minimum Gasteiger partial charge on any atom is -0.486 e. The number of rotatable bonds is 2. The van der Waals surface area contributed by atoms with Crippen molar-refractivity contribution in [1.29, 1.82) is 0 Å². The van der Waals surface area contributed by atoms with Crippen LogP contribution < -0.4 is 14.8 Å². The number of carbonyl (C=O) groups excluding carboxylic acids is 2. The number of hydrogen-bond donors (Lipinski definition) is 1. The van der Waals surface area contributed by atoms with Crippen LogP contribution >= 0.6 is 11.6 Å². The molecular weight excluding hydrogens is 348 g/mol. The first-order valence-electron chi connectivity index (χ1n) is 8.37. The number of alkyl carbamates (subject to hydrolysis) is 1. The second-order valence-electron chi connectivity index (χ2n) is 6.61. The quantitative estimate of drug-likeness (QED) is 0.863. The van der Waals surface area contributed by atoms with E-state index < -0.39 is 11.7 Å². The maximum absolute atomic E-state index is 12.7. The van der Waals surface area contributed by atoms with Gasteiger partial charge < -0.3 is 24.4 Å². The van der Waals surface area contributed by atoms with E-state index in [1.807, 2.05) is 0 Å². The molecule has 7 nitrogen and oxygen atoms in total. The molecule has 0 radical (unpaired) electrons. The summed E-state index contributed by atoms with van der Waals surface area (Å²) in [5, 5.41) is 3.17. The van der Waals surface area contributed by atoms with E-state index in [0.29, 0.717) is 54.9 Å². The highest BCUT2D eigenvalue weighted by Crippen LogP contribution is 2.36. The fourth-order valence-electron chi connectivity index (χ4n) is 3.56. The summed E-state index contributed by atoms with van der Waals surface area (Å²) in [5.74, 6) is 1.18. The van der Waals surface area contributed by atoms with Crippen LogP contribution in [0, 0.1) is 0 Å². The van der Waals surface area contributed by atoms with Gasteiger partial charge in [0.2, 0.25) is 5.91 Å². The van der Waals surface area contributed by atoms with Gasteiger partial charge in [0.15, 0.2) is 11.5 Å². The number of ether oxygens (including phenoxy) is 3. The van der Waals surface area contributed by atoms with Gasteiger partial charge in [0.05, 0.1) is 19.5 Å². The normalized spacial score (nSPS) is 24.8. The fraction of sp³-hybridized carbons (Fsp3) is 0.529. The first-order valence-corrected chi connectivity index (χ1v) is 8.75. The van der Waals surface area contributed by atoms with Crippen LogP contribution in [0.5, 0.6) is 11.5 Å². The summed E-state index contributed by atoms with van der Waals surface area (Å²) >= 11 is 6.30. The Hall–Kier alpha value is -2.15. The van der Waals surface area contributed by atoms with Crippen LogP contribution in [0.25, 0.3) is 0 Å². The molecule has 1 aromatic carbocycles. The minimum absolute atomic E-state index is 0.0411. The molecule has 0 aromatic heterocycles. The fourth-order valence-corrected chi connectivity index (χ4v) is 3.78. The first-order chi connectivity index (χ1) is 12.0. The van der Waals surface area contributed by atoms with Crippen LogP contribution in [0.1, 0.15) is 18.4 Å². The molecule has 1 spiro atoms. The third-order valence-electron chi connectivity index (χ3n) is 4.81. The summed E-state index contributed by atoms with van der Waals surface area (Å²) in [7, 11) is 0. The number of nitrogens with zero attached hydrogens (tertiary/aromatic N) is 1. The number of piperidine rings is 1. The highest BCUT2D eigenvalue weighted by molar-refractivity contribution is 6.31. The van der Waals surface area contributed by atoms with Crippen molar-refractivity contribution < 1.29 is 23.8 Å². The smallest absolute Gasteiger partial charge is 0.407 e. The molecule has 0 aliphatic carbocycles. The van der Waals surface area contributed by atoms with Gasteiger partial charge in [0, 0.05) is 17.6 Å². The summed E-state index contributed by atoms with van der Waals surface area (Å²) in [4.78, 5) is 25.9. The third kappa shape index (κ3) is 3.20. The van der Waals surface area contributed by atoms with E-state index >= 15 is 0 Å². The Balaban J connectivity index is 1.47. The Morgan fingerprint density at radius 3 is 2.76 bits per heavy atom. The van der Waals surface area contributed by atoms with E-state index in [9.17, 15) is 9.59 Å². The molecule has 2 fully saturated rings.